The number of fused-ring (bicyclic) bond motifs is 1. The first-order valence-electron chi connectivity index (χ1n) is 9.11. The number of para-hydroxylation sites is 3. The molecule has 0 saturated carbocycles. The number of aryl methyl sites for hydroxylation is 1. The molecule has 4 rings (SSSR count). The first kappa shape index (κ1) is 17.9. The Labute approximate surface area is 164 Å². The van der Waals surface area contributed by atoms with Crippen molar-refractivity contribution in [1.82, 2.24) is 0 Å². The van der Waals surface area contributed by atoms with Crippen molar-refractivity contribution in [2.75, 3.05) is 24.4 Å². The molecule has 1 aliphatic rings. The van der Waals surface area contributed by atoms with Crippen molar-refractivity contribution in [1.29, 1.82) is 0 Å². The minimum atomic E-state index is -0.437. The van der Waals surface area contributed by atoms with Gasteiger partial charge in [0.25, 0.3) is 5.91 Å². The van der Waals surface area contributed by atoms with Gasteiger partial charge in [0.15, 0.2) is 11.5 Å². The van der Waals surface area contributed by atoms with E-state index in [4.69, 9.17) is 9.47 Å². The van der Waals surface area contributed by atoms with E-state index in [1.54, 1.807) is 19.1 Å². The van der Waals surface area contributed by atoms with Gasteiger partial charge in [0.2, 0.25) is 0 Å². The van der Waals surface area contributed by atoms with Crippen molar-refractivity contribution in [2.24, 2.45) is 0 Å². The standard InChI is InChI=1S/C23H22N2O3/c1-15-9-4-7-13-19(15)25-22(17-11-8-14-20(27-2)21(17)28-3)24-18-12-6-5-10-16(18)23(25)26/h4-14,22,24H,1-3H3. The second kappa shape index (κ2) is 7.27. The van der Waals surface area contributed by atoms with Crippen LogP contribution in [-0.4, -0.2) is 20.1 Å². The second-order valence-electron chi connectivity index (χ2n) is 6.64. The summed E-state index contributed by atoms with van der Waals surface area (Å²) < 4.78 is 11.1. The fourth-order valence-electron chi connectivity index (χ4n) is 3.68. The van der Waals surface area contributed by atoms with Crippen molar-refractivity contribution in [2.45, 2.75) is 13.1 Å². The molecule has 1 unspecified atom stereocenters. The molecule has 3 aromatic carbocycles. The Morgan fingerprint density at radius 1 is 0.893 bits per heavy atom. The highest BCUT2D eigenvalue weighted by atomic mass is 16.5. The fourth-order valence-corrected chi connectivity index (χ4v) is 3.68. The number of hydrogen-bond donors (Lipinski definition) is 1. The zero-order valence-electron chi connectivity index (χ0n) is 16.1. The molecule has 0 aliphatic carbocycles. The predicted molar refractivity (Wildman–Crippen MR) is 110 cm³/mol. The van der Waals surface area contributed by atoms with Crippen LogP contribution >= 0.6 is 0 Å². The van der Waals surface area contributed by atoms with Crippen LogP contribution in [0.3, 0.4) is 0 Å². The molecule has 1 heterocycles. The fraction of sp³-hybridized carbons (Fsp3) is 0.174. The molecule has 1 N–H and O–H groups in total. The Hall–Kier alpha value is -3.47. The van der Waals surface area contributed by atoms with Crippen molar-refractivity contribution in [3.05, 3.63) is 83.4 Å². The number of anilines is 2. The van der Waals surface area contributed by atoms with Crippen LogP contribution in [0, 0.1) is 6.92 Å². The maximum atomic E-state index is 13.5. The summed E-state index contributed by atoms with van der Waals surface area (Å²) in [5, 5.41) is 3.52. The number of methoxy groups -OCH3 is 2. The zero-order valence-corrected chi connectivity index (χ0v) is 16.1. The molecular weight excluding hydrogens is 352 g/mol. The molecule has 1 aliphatic heterocycles. The first-order chi connectivity index (χ1) is 13.7. The minimum absolute atomic E-state index is 0.0569. The van der Waals surface area contributed by atoms with Crippen LogP contribution in [0.25, 0.3) is 0 Å². The molecule has 0 radical (unpaired) electrons. The van der Waals surface area contributed by atoms with Gasteiger partial charge in [-0.15, -0.1) is 0 Å². The molecule has 0 spiro atoms. The number of carbonyl (C=O) groups is 1. The third kappa shape index (κ3) is 2.85. The number of ether oxygens (including phenoxy) is 2. The molecular formula is C23H22N2O3. The number of benzene rings is 3. The molecule has 142 valence electrons. The third-order valence-electron chi connectivity index (χ3n) is 5.03. The van der Waals surface area contributed by atoms with Gasteiger partial charge in [0, 0.05) is 16.9 Å². The summed E-state index contributed by atoms with van der Waals surface area (Å²) >= 11 is 0. The summed E-state index contributed by atoms with van der Waals surface area (Å²) in [4.78, 5) is 15.3. The van der Waals surface area contributed by atoms with Crippen molar-refractivity contribution in [3.63, 3.8) is 0 Å². The van der Waals surface area contributed by atoms with E-state index in [1.165, 1.54) is 0 Å². The van der Waals surface area contributed by atoms with Gasteiger partial charge in [-0.3, -0.25) is 9.69 Å². The van der Waals surface area contributed by atoms with E-state index in [2.05, 4.69) is 5.32 Å². The van der Waals surface area contributed by atoms with Crippen LogP contribution < -0.4 is 19.7 Å². The second-order valence-corrected chi connectivity index (χ2v) is 6.64. The summed E-state index contributed by atoms with van der Waals surface area (Å²) in [6, 6.07) is 21.1. The zero-order chi connectivity index (χ0) is 19.7. The average Bonchev–Trinajstić information content (AvgIpc) is 2.73. The van der Waals surface area contributed by atoms with E-state index in [9.17, 15) is 4.79 Å². The van der Waals surface area contributed by atoms with E-state index in [0.29, 0.717) is 17.1 Å². The molecule has 28 heavy (non-hydrogen) atoms. The Morgan fingerprint density at radius 2 is 1.64 bits per heavy atom. The topological polar surface area (TPSA) is 50.8 Å². The Bertz CT molecular complexity index is 1030. The van der Waals surface area contributed by atoms with E-state index >= 15 is 0 Å². The number of nitrogens with one attached hydrogen (secondary N) is 1. The van der Waals surface area contributed by atoms with Crippen LogP contribution in [0.4, 0.5) is 11.4 Å². The largest absolute Gasteiger partial charge is 0.493 e. The molecule has 1 atom stereocenters. The summed E-state index contributed by atoms with van der Waals surface area (Å²) in [7, 11) is 3.22. The lowest BCUT2D eigenvalue weighted by molar-refractivity contribution is 0.0974. The van der Waals surface area contributed by atoms with E-state index < -0.39 is 6.17 Å². The van der Waals surface area contributed by atoms with Crippen molar-refractivity contribution in [3.8, 4) is 11.5 Å². The lowest BCUT2D eigenvalue weighted by Crippen LogP contribution is -2.43. The van der Waals surface area contributed by atoms with Gasteiger partial charge in [-0.05, 0) is 36.8 Å². The molecule has 5 heteroatoms. The van der Waals surface area contributed by atoms with Gasteiger partial charge in [-0.25, -0.2) is 0 Å². The van der Waals surface area contributed by atoms with Crippen molar-refractivity contribution < 1.29 is 14.3 Å². The Morgan fingerprint density at radius 3 is 2.39 bits per heavy atom. The molecule has 5 nitrogen and oxygen atoms in total. The SMILES string of the molecule is COc1cccc(C2Nc3ccccc3C(=O)N2c2ccccc2C)c1OC. The van der Waals surface area contributed by atoms with Gasteiger partial charge in [0.05, 0.1) is 19.8 Å². The first-order valence-corrected chi connectivity index (χ1v) is 9.11. The monoisotopic (exact) mass is 374 g/mol. The van der Waals surface area contributed by atoms with Crippen molar-refractivity contribution >= 4 is 17.3 Å². The number of rotatable bonds is 4. The van der Waals surface area contributed by atoms with Gasteiger partial charge < -0.3 is 14.8 Å². The number of nitrogens with zero attached hydrogens (tertiary/aromatic N) is 1. The molecule has 1 amide bonds. The smallest absolute Gasteiger partial charge is 0.262 e. The normalized spacial score (nSPS) is 15.6. The lowest BCUT2D eigenvalue weighted by atomic mass is 10.0. The average molecular weight is 374 g/mol. The van der Waals surface area contributed by atoms with Gasteiger partial charge >= 0.3 is 0 Å². The summed E-state index contributed by atoms with van der Waals surface area (Å²) in [6.07, 6.45) is -0.437. The molecule has 0 bridgehead atoms. The van der Waals surface area contributed by atoms with Crippen LogP contribution in [0.1, 0.15) is 27.7 Å². The third-order valence-corrected chi connectivity index (χ3v) is 5.03. The van der Waals surface area contributed by atoms with Crippen LogP contribution in [-0.2, 0) is 0 Å². The quantitative estimate of drug-likeness (QED) is 0.714. The minimum Gasteiger partial charge on any atom is -0.493 e. The maximum Gasteiger partial charge on any atom is 0.262 e. The summed E-state index contributed by atoms with van der Waals surface area (Å²) in [5.74, 6) is 1.17. The maximum absolute atomic E-state index is 13.5. The van der Waals surface area contributed by atoms with Gasteiger partial charge in [0.1, 0.15) is 6.17 Å². The number of carbonyl (C=O) groups excluding carboxylic acids is 1. The highest BCUT2D eigenvalue weighted by molar-refractivity contribution is 6.12. The molecule has 0 aromatic heterocycles. The van der Waals surface area contributed by atoms with Gasteiger partial charge in [-0.2, -0.15) is 0 Å². The predicted octanol–water partition coefficient (Wildman–Crippen LogP) is 4.78. The van der Waals surface area contributed by atoms with E-state index in [0.717, 1.165) is 22.5 Å². The van der Waals surface area contributed by atoms with Crippen LogP contribution in [0.15, 0.2) is 66.7 Å². The Kier molecular flexibility index (Phi) is 4.65. The Balaban J connectivity index is 1.94. The highest BCUT2D eigenvalue weighted by Gasteiger charge is 2.36. The molecule has 0 saturated heterocycles. The summed E-state index contributed by atoms with van der Waals surface area (Å²) in [6.45, 7) is 2.00. The molecule has 0 fully saturated rings. The highest BCUT2D eigenvalue weighted by Crippen LogP contribution is 2.43. The summed E-state index contributed by atoms with van der Waals surface area (Å²) in [5.41, 5.74) is 4.14. The lowest BCUT2D eigenvalue weighted by Gasteiger charge is -2.39. The van der Waals surface area contributed by atoms with Crippen LogP contribution in [0.2, 0.25) is 0 Å². The number of hydrogen-bond acceptors (Lipinski definition) is 4. The van der Waals surface area contributed by atoms with E-state index in [-0.39, 0.29) is 5.91 Å². The van der Waals surface area contributed by atoms with Crippen LogP contribution in [0.5, 0.6) is 11.5 Å². The number of amides is 1. The molecule has 3 aromatic rings. The van der Waals surface area contributed by atoms with Gasteiger partial charge in [-0.1, -0.05) is 42.5 Å². The van der Waals surface area contributed by atoms with E-state index in [1.807, 2.05) is 73.7 Å².